The number of carbonyl (C=O) groups is 1. The van der Waals surface area contributed by atoms with Crippen LogP contribution in [0.4, 0.5) is 18.0 Å². The highest BCUT2D eigenvalue weighted by Gasteiger charge is 2.41. The van der Waals surface area contributed by atoms with Crippen molar-refractivity contribution >= 4 is 6.09 Å². The third-order valence-electron chi connectivity index (χ3n) is 2.19. The Hall–Kier alpha value is -1.73. The minimum absolute atomic E-state index is 0.0756. The molecule has 0 saturated carbocycles. The molecule has 82 valence electrons. The molecule has 0 fully saturated rings. The molecular weight excluding hydrogens is 215 g/mol. The maximum absolute atomic E-state index is 12.4. The van der Waals surface area contributed by atoms with Gasteiger partial charge in [-0.2, -0.15) is 18.3 Å². The summed E-state index contributed by atoms with van der Waals surface area (Å²) in [6.45, 7) is -0.343. The van der Waals surface area contributed by atoms with Crippen LogP contribution in [0, 0.1) is 0 Å². The second kappa shape index (κ2) is 2.88. The summed E-state index contributed by atoms with van der Waals surface area (Å²) in [7, 11) is 0. The first-order valence-corrected chi connectivity index (χ1v) is 4.01. The van der Waals surface area contributed by atoms with Crippen LogP contribution in [0.2, 0.25) is 0 Å². The molecule has 1 aromatic heterocycles. The number of hydrogen-bond acceptors (Lipinski definition) is 2. The smallest absolute Gasteiger partial charge is 0.435 e. The van der Waals surface area contributed by atoms with E-state index in [0.29, 0.717) is 0 Å². The molecule has 0 aliphatic carbocycles. The highest BCUT2D eigenvalue weighted by Crippen LogP contribution is 2.35. The van der Waals surface area contributed by atoms with Crippen LogP contribution in [0.15, 0.2) is 0 Å². The number of alkyl halides is 3. The number of H-pyrrole nitrogens is 1. The quantitative estimate of drug-likeness (QED) is 0.696. The number of nitrogens with one attached hydrogen (secondary N) is 1. The van der Waals surface area contributed by atoms with Gasteiger partial charge >= 0.3 is 12.3 Å². The molecule has 2 N–H and O–H groups in total. The molecule has 1 aliphatic heterocycles. The van der Waals surface area contributed by atoms with E-state index in [1.54, 1.807) is 0 Å². The van der Waals surface area contributed by atoms with Gasteiger partial charge in [0.2, 0.25) is 0 Å². The molecule has 0 unspecified atom stereocenters. The highest BCUT2D eigenvalue weighted by molar-refractivity contribution is 5.66. The summed E-state index contributed by atoms with van der Waals surface area (Å²) in [5.41, 5.74) is -0.893. The molecule has 2 heterocycles. The van der Waals surface area contributed by atoms with Crippen molar-refractivity contribution in [3.8, 4) is 0 Å². The third kappa shape index (κ3) is 1.51. The van der Waals surface area contributed by atoms with Crippen LogP contribution in [0.25, 0.3) is 0 Å². The second-order valence-electron chi connectivity index (χ2n) is 3.17. The average molecular weight is 221 g/mol. The number of aromatic amines is 1. The molecule has 8 heteroatoms. The largest absolute Gasteiger partial charge is 0.465 e. The fourth-order valence-electron chi connectivity index (χ4n) is 1.51. The van der Waals surface area contributed by atoms with Crippen molar-refractivity contribution in [1.29, 1.82) is 0 Å². The monoisotopic (exact) mass is 221 g/mol. The Bertz CT molecular complexity index is 412. The Kier molecular flexibility index (Phi) is 1.88. The predicted molar refractivity (Wildman–Crippen MR) is 40.9 cm³/mol. The number of carboxylic acid groups (broad SMARTS) is 1. The molecule has 0 spiro atoms. The summed E-state index contributed by atoms with van der Waals surface area (Å²) in [6.07, 6.45) is -5.79. The molecule has 2 rings (SSSR count). The summed E-state index contributed by atoms with van der Waals surface area (Å²) in [5, 5.41) is 13.9. The molecule has 1 aromatic rings. The van der Waals surface area contributed by atoms with Gasteiger partial charge in [0.05, 0.1) is 18.8 Å². The van der Waals surface area contributed by atoms with Gasteiger partial charge < -0.3 is 5.11 Å². The highest BCUT2D eigenvalue weighted by atomic mass is 19.4. The lowest BCUT2D eigenvalue weighted by molar-refractivity contribution is -0.141. The van der Waals surface area contributed by atoms with Gasteiger partial charge in [-0.1, -0.05) is 0 Å². The number of fused-ring (bicyclic) bond motifs is 1. The molecule has 0 saturated heterocycles. The van der Waals surface area contributed by atoms with Crippen LogP contribution >= 0.6 is 0 Å². The Balaban J connectivity index is 2.33. The maximum atomic E-state index is 12.4. The molecule has 15 heavy (non-hydrogen) atoms. The summed E-state index contributed by atoms with van der Waals surface area (Å²) in [6, 6.07) is 0. The van der Waals surface area contributed by atoms with Crippen LogP contribution in [0.5, 0.6) is 0 Å². The molecule has 0 bridgehead atoms. The number of nitrogens with zero attached hydrogens (tertiary/aromatic N) is 2. The minimum Gasteiger partial charge on any atom is -0.465 e. The van der Waals surface area contributed by atoms with E-state index < -0.39 is 18.0 Å². The van der Waals surface area contributed by atoms with E-state index >= 15 is 0 Å². The maximum Gasteiger partial charge on any atom is 0.435 e. The van der Waals surface area contributed by atoms with Gasteiger partial charge in [0.1, 0.15) is 0 Å². The first-order chi connectivity index (χ1) is 6.89. The number of rotatable bonds is 0. The lowest BCUT2D eigenvalue weighted by atomic mass is 10.2. The van der Waals surface area contributed by atoms with E-state index in [9.17, 15) is 18.0 Å². The van der Waals surface area contributed by atoms with Crippen LogP contribution in [0.1, 0.15) is 17.0 Å². The van der Waals surface area contributed by atoms with Gasteiger partial charge in [0.15, 0.2) is 5.69 Å². The lowest BCUT2D eigenvalue weighted by Gasteiger charge is -2.10. The fourth-order valence-corrected chi connectivity index (χ4v) is 1.51. The molecule has 0 radical (unpaired) electrons. The van der Waals surface area contributed by atoms with Gasteiger partial charge in [-0.05, 0) is 0 Å². The zero-order valence-electron chi connectivity index (χ0n) is 7.30. The van der Waals surface area contributed by atoms with Gasteiger partial charge in [0, 0.05) is 5.56 Å². The molecule has 0 atom stereocenters. The number of halogens is 3. The normalized spacial score (nSPS) is 15.5. The zero-order valence-corrected chi connectivity index (χ0v) is 7.30. The van der Waals surface area contributed by atoms with Gasteiger partial charge in [-0.15, -0.1) is 0 Å². The van der Waals surface area contributed by atoms with Crippen LogP contribution in [-0.4, -0.2) is 26.3 Å². The minimum atomic E-state index is -4.54. The SMILES string of the molecule is O=C(O)N1Cc2[nH]nc(C(F)(F)F)c2C1. The van der Waals surface area contributed by atoms with Crippen LogP contribution in [-0.2, 0) is 19.3 Å². The average Bonchev–Trinajstić information content (AvgIpc) is 2.56. The summed E-state index contributed by atoms with van der Waals surface area (Å²) >= 11 is 0. The zero-order chi connectivity index (χ0) is 11.2. The molecular formula is C7H6F3N3O2. The van der Waals surface area contributed by atoms with E-state index in [4.69, 9.17) is 5.11 Å². The second-order valence-corrected chi connectivity index (χ2v) is 3.17. The standard InChI is InChI=1S/C7H6F3N3O2/c8-7(9,10)5-3-1-13(6(14)15)2-4(3)11-12-5/h1-2H2,(H,11,12)(H,14,15). The lowest BCUT2D eigenvalue weighted by Crippen LogP contribution is -2.24. The first kappa shape index (κ1) is 9.81. The van der Waals surface area contributed by atoms with Crippen molar-refractivity contribution in [2.45, 2.75) is 19.3 Å². The Morgan fingerprint density at radius 2 is 2.13 bits per heavy atom. The van der Waals surface area contributed by atoms with E-state index in [2.05, 4.69) is 10.2 Å². The van der Waals surface area contributed by atoms with Crippen molar-refractivity contribution in [3.05, 3.63) is 17.0 Å². The number of hydrogen-bond donors (Lipinski definition) is 2. The van der Waals surface area contributed by atoms with Crippen LogP contribution in [0.3, 0.4) is 0 Å². The molecule has 1 amide bonds. The van der Waals surface area contributed by atoms with Gasteiger partial charge in [-0.25, -0.2) is 4.79 Å². The van der Waals surface area contributed by atoms with Gasteiger partial charge in [-0.3, -0.25) is 10.00 Å². The topological polar surface area (TPSA) is 69.2 Å². The molecule has 5 nitrogen and oxygen atoms in total. The molecule has 0 aromatic carbocycles. The summed E-state index contributed by atoms with van der Waals surface area (Å²) < 4.78 is 37.1. The van der Waals surface area contributed by atoms with Gasteiger partial charge in [0.25, 0.3) is 0 Å². The predicted octanol–water partition coefficient (Wildman–Crippen LogP) is 1.42. The molecule has 1 aliphatic rings. The van der Waals surface area contributed by atoms with Crippen molar-refractivity contribution < 1.29 is 23.1 Å². The van der Waals surface area contributed by atoms with E-state index in [1.165, 1.54) is 0 Å². The van der Waals surface area contributed by atoms with Crippen molar-refractivity contribution in [1.82, 2.24) is 15.1 Å². The van der Waals surface area contributed by atoms with E-state index in [0.717, 1.165) is 4.90 Å². The van der Waals surface area contributed by atoms with E-state index in [1.807, 2.05) is 0 Å². The van der Waals surface area contributed by atoms with Crippen molar-refractivity contribution in [3.63, 3.8) is 0 Å². The summed E-state index contributed by atoms with van der Waals surface area (Å²) in [4.78, 5) is 11.4. The van der Waals surface area contributed by atoms with Crippen LogP contribution < -0.4 is 0 Å². The first-order valence-electron chi connectivity index (χ1n) is 4.01. The Morgan fingerprint density at radius 1 is 1.47 bits per heavy atom. The number of amides is 1. The third-order valence-corrected chi connectivity index (χ3v) is 2.19. The summed E-state index contributed by atoms with van der Waals surface area (Å²) in [5.74, 6) is 0. The van der Waals surface area contributed by atoms with Crippen molar-refractivity contribution in [2.24, 2.45) is 0 Å². The number of aromatic nitrogens is 2. The van der Waals surface area contributed by atoms with Crippen molar-refractivity contribution in [2.75, 3.05) is 0 Å². The Labute approximate surface area is 81.5 Å². The Morgan fingerprint density at radius 3 is 2.67 bits per heavy atom. The van der Waals surface area contributed by atoms with E-state index in [-0.39, 0.29) is 24.3 Å². The fraction of sp³-hybridized carbons (Fsp3) is 0.429.